The lowest BCUT2D eigenvalue weighted by atomic mass is 10.1. The van der Waals surface area contributed by atoms with E-state index in [0.717, 1.165) is 12.8 Å². The molecule has 3 N–H and O–H groups in total. The van der Waals surface area contributed by atoms with E-state index in [0.29, 0.717) is 17.7 Å². The molecular weight excluding hydrogens is 311 g/mol. The molecule has 1 amide bonds. The summed E-state index contributed by atoms with van der Waals surface area (Å²) in [4.78, 5) is 11.8. The third-order valence-electron chi connectivity index (χ3n) is 3.86. The number of nitrogens with two attached hydrogens (primary N) is 1. The zero-order valence-electron chi connectivity index (χ0n) is 14.8. The molecule has 0 bridgehead atoms. The van der Waals surface area contributed by atoms with Gasteiger partial charge < -0.3 is 20.5 Å². The van der Waals surface area contributed by atoms with Gasteiger partial charge in [0.15, 0.2) is 0 Å². The summed E-state index contributed by atoms with van der Waals surface area (Å²) in [7, 11) is 0. The molecule has 0 aliphatic heterocycles. The van der Waals surface area contributed by atoms with Crippen LogP contribution in [0.1, 0.15) is 58.6 Å². The first kappa shape index (κ1) is 18.5. The Balaban J connectivity index is 1.92. The summed E-state index contributed by atoms with van der Waals surface area (Å²) in [6.45, 7) is 7.29. The van der Waals surface area contributed by atoms with Crippen molar-refractivity contribution in [3.05, 3.63) is 29.6 Å². The van der Waals surface area contributed by atoms with E-state index in [9.17, 15) is 9.18 Å². The molecule has 1 unspecified atom stereocenters. The SMILES string of the molecule is CC(N)c1cc(F)ccc1O[C@@H]1CC[C@@H](NC(=O)OC(C)(C)C)C1. The Kier molecular flexibility index (Phi) is 5.70. The van der Waals surface area contributed by atoms with Gasteiger partial charge in [-0.3, -0.25) is 0 Å². The van der Waals surface area contributed by atoms with Gasteiger partial charge in [-0.15, -0.1) is 0 Å². The summed E-state index contributed by atoms with van der Waals surface area (Å²) in [5.74, 6) is 0.278. The Hall–Kier alpha value is -1.82. The minimum Gasteiger partial charge on any atom is -0.490 e. The number of nitrogens with one attached hydrogen (secondary N) is 1. The zero-order chi connectivity index (χ0) is 17.9. The fraction of sp³-hybridized carbons (Fsp3) is 0.611. The standard InChI is InChI=1S/C18H27FN2O3/c1-11(20)15-9-12(19)5-8-16(15)23-14-7-6-13(10-14)21-17(22)24-18(2,3)4/h5,8-9,11,13-14H,6-7,10,20H2,1-4H3,(H,21,22)/t11?,13-,14-/m1/s1. The number of amides is 1. The average molecular weight is 338 g/mol. The van der Waals surface area contributed by atoms with E-state index in [1.165, 1.54) is 12.1 Å². The minimum atomic E-state index is -0.515. The Labute approximate surface area is 142 Å². The first-order valence-electron chi connectivity index (χ1n) is 8.35. The van der Waals surface area contributed by atoms with Crippen LogP contribution in [0.5, 0.6) is 5.75 Å². The van der Waals surface area contributed by atoms with Gasteiger partial charge in [0, 0.05) is 24.1 Å². The second kappa shape index (κ2) is 7.38. The molecule has 0 aromatic heterocycles. The number of carbonyl (C=O) groups excluding carboxylic acids is 1. The Bertz CT molecular complexity index is 584. The Morgan fingerprint density at radius 2 is 2.08 bits per heavy atom. The van der Waals surface area contributed by atoms with Crippen LogP contribution in [0.3, 0.4) is 0 Å². The smallest absolute Gasteiger partial charge is 0.407 e. The highest BCUT2D eigenvalue weighted by molar-refractivity contribution is 5.68. The maximum absolute atomic E-state index is 13.4. The molecule has 1 aromatic rings. The van der Waals surface area contributed by atoms with Gasteiger partial charge >= 0.3 is 6.09 Å². The highest BCUT2D eigenvalue weighted by Crippen LogP contribution is 2.30. The molecule has 1 aliphatic carbocycles. The van der Waals surface area contributed by atoms with Crippen LogP contribution in [-0.4, -0.2) is 23.8 Å². The molecule has 1 aromatic carbocycles. The van der Waals surface area contributed by atoms with Gasteiger partial charge in [0.1, 0.15) is 23.3 Å². The maximum atomic E-state index is 13.4. The predicted octanol–water partition coefficient (Wildman–Crippen LogP) is 3.67. The van der Waals surface area contributed by atoms with Gasteiger partial charge in [-0.1, -0.05) is 0 Å². The van der Waals surface area contributed by atoms with Crippen molar-refractivity contribution in [3.63, 3.8) is 0 Å². The molecule has 1 fully saturated rings. The van der Waals surface area contributed by atoms with Gasteiger partial charge in [0.05, 0.1) is 0 Å². The van der Waals surface area contributed by atoms with Crippen molar-refractivity contribution in [2.45, 2.75) is 70.7 Å². The lowest BCUT2D eigenvalue weighted by Gasteiger charge is -2.22. The third-order valence-corrected chi connectivity index (χ3v) is 3.86. The van der Waals surface area contributed by atoms with Crippen molar-refractivity contribution in [2.75, 3.05) is 0 Å². The van der Waals surface area contributed by atoms with Crippen molar-refractivity contribution < 1.29 is 18.7 Å². The van der Waals surface area contributed by atoms with E-state index < -0.39 is 11.7 Å². The van der Waals surface area contributed by atoms with Crippen LogP contribution in [-0.2, 0) is 4.74 Å². The molecule has 0 heterocycles. The van der Waals surface area contributed by atoms with Crippen LogP contribution in [0.2, 0.25) is 0 Å². The molecule has 134 valence electrons. The van der Waals surface area contributed by atoms with Gasteiger partial charge in [-0.05, 0) is 58.7 Å². The number of carbonyl (C=O) groups is 1. The summed E-state index contributed by atoms with van der Waals surface area (Å²) >= 11 is 0. The zero-order valence-corrected chi connectivity index (χ0v) is 14.8. The molecular formula is C18H27FN2O3. The van der Waals surface area contributed by atoms with Gasteiger partial charge in [-0.2, -0.15) is 0 Å². The summed E-state index contributed by atoms with van der Waals surface area (Å²) in [6.07, 6.45) is 1.88. The largest absolute Gasteiger partial charge is 0.490 e. The van der Waals surface area contributed by atoms with Crippen LogP contribution >= 0.6 is 0 Å². The summed E-state index contributed by atoms with van der Waals surface area (Å²) in [5, 5.41) is 2.87. The molecule has 0 spiro atoms. The number of halogens is 1. The summed E-state index contributed by atoms with van der Waals surface area (Å²) in [5.41, 5.74) is 6.03. The van der Waals surface area contributed by atoms with Crippen molar-refractivity contribution in [1.82, 2.24) is 5.32 Å². The topological polar surface area (TPSA) is 73.6 Å². The number of hydrogen-bond acceptors (Lipinski definition) is 4. The summed E-state index contributed by atoms with van der Waals surface area (Å²) in [6, 6.07) is 4.09. The molecule has 1 saturated carbocycles. The molecule has 24 heavy (non-hydrogen) atoms. The Morgan fingerprint density at radius 1 is 1.38 bits per heavy atom. The maximum Gasteiger partial charge on any atom is 0.407 e. The van der Waals surface area contributed by atoms with Crippen LogP contribution in [0.15, 0.2) is 18.2 Å². The lowest BCUT2D eigenvalue weighted by molar-refractivity contribution is 0.0503. The van der Waals surface area contributed by atoms with Gasteiger partial charge in [0.25, 0.3) is 0 Å². The van der Waals surface area contributed by atoms with Crippen LogP contribution in [0, 0.1) is 5.82 Å². The van der Waals surface area contributed by atoms with Gasteiger partial charge in [-0.25, -0.2) is 9.18 Å². The molecule has 2 rings (SSSR count). The lowest BCUT2D eigenvalue weighted by Crippen LogP contribution is -2.38. The highest BCUT2D eigenvalue weighted by Gasteiger charge is 2.29. The molecule has 0 radical (unpaired) electrons. The molecule has 0 saturated heterocycles. The van der Waals surface area contributed by atoms with Crippen LogP contribution < -0.4 is 15.8 Å². The van der Waals surface area contributed by atoms with E-state index in [4.69, 9.17) is 15.2 Å². The highest BCUT2D eigenvalue weighted by atomic mass is 19.1. The van der Waals surface area contributed by atoms with E-state index in [1.807, 2.05) is 20.8 Å². The molecule has 3 atom stereocenters. The van der Waals surface area contributed by atoms with E-state index in [-0.39, 0.29) is 24.0 Å². The number of alkyl carbamates (subject to hydrolysis) is 1. The van der Waals surface area contributed by atoms with Crippen molar-refractivity contribution in [3.8, 4) is 5.75 Å². The van der Waals surface area contributed by atoms with Crippen LogP contribution in [0.25, 0.3) is 0 Å². The number of hydrogen-bond donors (Lipinski definition) is 2. The van der Waals surface area contributed by atoms with Crippen molar-refractivity contribution in [2.24, 2.45) is 5.73 Å². The van der Waals surface area contributed by atoms with Crippen molar-refractivity contribution >= 4 is 6.09 Å². The molecule has 1 aliphatic rings. The minimum absolute atomic E-state index is 0.0176. The van der Waals surface area contributed by atoms with E-state index in [2.05, 4.69) is 5.32 Å². The van der Waals surface area contributed by atoms with E-state index in [1.54, 1.807) is 13.0 Å². The van der Waals surface area contributed by atoms with E-state index >= 15 is 0 Å². The molecule has 5 nitrogen and oxygen atoms in total. The fourth-order valence-electron chi connectivity index (χ4n) is 2.81. The normalized spacial score (nSPS) is 22.1. The van der Waals surface area contributed by atoms with Crippen molar-refractivity contribution in [1.29, 1.82) is 0 Å². The quantitative estimate of drug-likeness (QED) is 0.878. The van der Waals surface area contributed by atoms with Gasteiger partial charge in [0.2, 0.25) is 0 Å². The predicted molar refractivity (Wildman–Crippen MR) is 90.4 cm³/mol. The first-order chi connectivity index (χ1) is 11.1. The van der Waals surface area contributed by atoms with Crippen LogP contribution in [0.4, 0.5) is 9.18 Å². The Morgan fingerprint density at radius 3 is 2.71 bits per heavy atom. The molecule has 6 heteroatoms. The monoisotopic (exact) mass is 338 g/mol. The average Bonchev–Trinajstić information content (AvgIpc) is 2.85. The summed E-state index contributed by atoms with van der Waals surface area (Å²) < 4.78 is 24.7. The third kappa shape index (κ3) is 5.37. The second-order valence-corrected chi connectivity index (χ2v) is 7.37. The number of ether oxygens (including phenoxy) is 2. The number of benzene rings is 1. The first-order valence-corrected chi connectivity index (χ1v) is 8.35. The second-order valence-electron chi connectivity index (χ2n) is 7.37. The fourth-order valence-corrected chi connectivity index (χ4v) is 2.81. The number of rotatable bonds is 4.